The highest BCUT2D eigenvalue weighted by molar-refractivity contribution is 5.95. The second kappa shape index (κ2) is 9.84. The lowest BCUT2D eigenvalue weighted by molar-refractivity contribution is 0.0936. The van der Waals surface area contributed by atoms with Gasteiger partial charge in [-0.25, -0.2) is 4.79 Å². The molecule has 5 N–H and O–H groups in total. The Labute approximate surface area is 138 Å². The average Bonchev–Trinajstić information content (AvgIpc) is 2.51. The van der Waals surface area contributed by atoms with Crippen LogP contribution in [-0.4, -0.2) is 30.6 Å². The van der Waals surface area contributed by atoms with E-state index in [-0.39, 0.29) is 24.0 Å². The van der Waals surface area contributed by atoms with Crippen molar-refractivity contribution in [2.24, 2.45) is 5.73 Å². The molecule has 0 spiro atoms. The van der Waals surface area contributed by atoms with E-state index in [4.69, 9.17) is 5.73 Å². The number of amides is 3. The van der Waals surface area contributed by atoms with Crippen LogP contribution in [0.15, 0.2) is 24.3 Å². The summed E-state index contributed by atoms with van der Waals surface area (Å²) in [6, 6.07) is 6.59. The van der Waals surface area contributed by atoms with Crippen molar-refractivity contribution in [1.82, 2.24) is 10.6 Å². The van der Waals surface area contributed by atoms with E-state index < -0.39 is 0 Å². The molecule has 0 saturated heterocycles. The van der Waals surface area contributed by atoms with Crippen LogP contribution in [0.5, 0.6) is 0 Å². The van der Waals surface area contributed by atoms with Crippen molar-refractivity contribution in [3.8, 4) is 0 Å². The maximum absolute atomic E-state index is 12.2. The molecule has 0 radical (unpaired) electrons. The summed E-state index contributed by atoms with van der Waals surface area (Å²) >= 11 is 0. The second-order valence-electron chi connectivity index (χ2n) is 5.88. The Bertz CT molecular complexity index is 500. The summed E-state index contributed by atoms with van der Waals surface area (Å²) in [6.07, 6.45) is 2.99. The molecule has 0 aliphatic rings. The van der Waals surface area contributed by atoms with Crippen LogP contribution < -0.4 is 21.7 Å². The molecule has 128 valence electrons. The van der Waals surface area contributed by atoms with Crippen molar-refractivity contribution in [3.63, 3.8) is 0 Å². The van der Waals surface area contributed by atoms with Crippen LogP contribution in [0.4, 0.5) is 10.5 Å². The van der Waals surface area contributed by atoms with Crippen LogP contribution in [0, 0.1) is 0 Å². The lowest BCUT2D eigenvalue weighted by atomic mass is 10.1. The molecule has 0 aliphatic carbocycles. The molecule has 0 bridgehead atoms. The van der Waals surface area contributed by atoms with Crippen LogP contribution in [0.25, 0.3) is 0 Å². The standard InChI is InChI=1S/C17H28N4O2/c1-4-5-6-15(11-18)20-16(22)13-7-9-14(10-8-13)21-17(23)19-12(2)3/h7-10,12,15H,4-6,11,18H2,1-3H3,(H,20,22)(H2,19,21,23). The third kappa shape index (κ3) is 7.15. The molecule has 23 heavy (non-hydrogen) atoms. The minimum Gasteiger partial charge on any atom is -0.348 e. The zero-order valence-corrected chi connectivity index (χ0v) is 14.2. The van der Waals surface area contributed by atoms with Gasteiger partial charge in [0, 0.05) is 29.9 Å². The second-order valence-corrected chi connectivity index (χ2v) is 5.88. The van der Waals surface area contributed by atoms with E-state index in [2.05, 4.69) is 22.9 Å². The van der Waals surface area contributed by atoms with Gasteiger partial charge >= 0.3 is 6.03 Å². The molecule has 1 aromatic carbocycles. The first-order valence-corrected chi connectivity index (χ1v) is 8.14. The number of hydrogen-bond acceptors (Lipinski definition) is 3. The van der Waals surface area contributed by atoms with Gasteiger partial charge < -0.3 is 21.7 Å². The lowest BCUT2D eigenvalue weighted by Gasteiger charge is -2.16. The summed E-state index contributed by atoms with van der Waals surface area (Å²) in [5.74, 6) is -0.144. The van der Waals surface area contributed by atoms with E-state index in [0.717, 1.165) is 19.3 Å². The normalized spacial score (nSPS) is 11.9. The third-order valence-corrected chi connectivity index (χ3v) is 3.35. The van der Waals surface area contributed by atoms with Crippen molar-refractivity contribution >= 4 is 17.6 Å². The summed E-state index contributed by atoms with van der Waals surface area (Å²) in [5, 5.41) is 8.40. The first-order valence-electron chi connectivity index (χ1n) is 8.14. The van der Waals surface area contributed by atoms with Gasteiger partial charge in [-0.1, -0.05) is 19.8 Å². The number of nitrogens with one attached hydrogen (secondary N) is 3. The number of nitrogens with two attached hydrogens (primary N) is 1. The van der Waals surface area contributed by atoms with Crippen molar-refractivity contribution in [1.29, 1.82) is 0 Å². The van der Waals surface area contributed by atoms with E-state index in [1.807, 2.05) is 13.8 Å². The monoisotopic (exact) mass is 320 g/mol. The maximum atomic E-state index is 12.2. The summed E-state index contributed by atoms with van der Waals surface area (Å²) in [7, 11) is 0. The molecule has 0 heterocycles. The number of unbranched alkanes of at least 4 members (excludes halogenated alkanes) is 1. The molecule has 0 saturated carbocycles. The summed E-state index contributed by atoms with van der Waals surface area (Å²) in [4.78, 5) is 23.8. The van der Waals surface area contributed by atoms with Gasteiger partial charge in [0.15, 0.2) is 0 Å². The number of benzene rings is 1. The Hall–Kier alpha value is -2.08. The Balaban J connectivity index is 2.58. The van der Waals surface area contributed by atoms with Gasteiger partial charge in [0.05, 0.1) is 0 Å². The molecule has 0 aliphatic heterocycles. The van der Waals surface area contributed by atoms with Gasteiger partial charge in [-0.15, -0.1) is 0 Å². The number of anilines is 1. The fourth-order valence-corrected chi connectivity index (χ4v) is 2.10. The van der Waals surface area contributed by atoms with E-state index in [1.165, 1.54) is 0 Å². The van der Waals surface area contributed by atoms with Crippen molar-refractivity contribution < 1.29 is 9.59 Å². The van der Waals surface area contributed by atoms with E-state index in [0.29, 0.717) is 17.8 Å². The van der Waals surface area contributed by atoms with Crippen molar-refractivity contribution in [2.75, 3.05) is 11.9 Å². The molecule has 1 unspecified atom stereocenters. The minimum atomic E-state index is -0.264. The average molecular weight is 320 g/mol. The van der Waals surface area contributed by atoms with Gasteiger partial charge in [-0.2, -0.15) is 0 Å². The van der Waals surface area contributed by atoms with Gasteiger partial charge in [-0.05, 0) is 44.5 Å². The predicted octanol–water partition coefficient (Wildman–Crippen LogP) is 2.46. The minimum absolute atomic E-state index is 0.00271. The summed E-state index contributed by atoms with van der Waals surface area (Å²) < 4.78 is 0. The molecule has 1 rings (SSSR count). The molecule has 3 amide bonds. The summed E-state index contributed by atoms with van der Waals surface area (Å²) in [5.41, 5.74) is 6.88. The first kappa shape index (κ1) is 19.0. The molecule has 1 atom stereocenters. The largest absolute Gasteiger partial charge is 0.348 e. The van der Waals surface area contributed by atoms with Gasteiger partial charge in [0.25, 0.3) is 5.91 Å². The highest BCUT2D eigenvalue weighted by Crippen LogP contribution is 2.10. The number of carbonyl (C=O) groups is 2. The SMILES string of the molecule is CCCCC(CN)NC(=O)c1ccc(NC(=O)NC(C)C)cc1. The molecule has 6 nitrogen and oxygen atoms in total. The third-order valence-electron chi connectivity index (χ3n) is 3.35. The maximum Gasteiger partial charge on any atom is 0.319 e. The van der Waals surface area contributed by atoms with Crippen LogP contribution >= 0.6 is 0 Å². The Morgan fingerprint density at radius 2 is 1.78 bits per heavy atom. The number of carbonyl (C=O) groups excluding carboxylic acids is 2. The molecular formula is C17H28N4O2. The van der Waals surface area contributed by atoms with Gasteiger partial charge in [0.2, 0.25) is 0 Å². The van der Waals surface area contributed by atoms with Crippen molar-refractivity contribution in [3.05, 3.63) is 29.8 Å². The Kier molecular flexibility index (Phi) is 8.11. The molecule has 0 fully saturated rings. The quantitative estimate of drug-likeness (QED) is 0.592. The van der Waals surface area contributed by atoms with E-state index in [1.54, 1.807) is 24.3 Å². The summed E-state index contributed by atoms with van der Waals surface area (Å²) in [6.45, 7) is 6.32. The van der Waals surface area contributed by atoms with Crippen molar-refractivity contribution in [2.45, 2.75) is 52.1 Å². The van der Waals surface area contributed by atoms with Crippen LogP contribution in [0.2, 0.25) is 0 Å². The zero-order valence-electron chi connectivity index (χ0n) is 14.2. The predicted molar refractivity (Wildman–Crippen MR) is 93.6 cm³/mol. The molecule has 1 aromatic rings. The smallest absolute Gasteiger partial charge is 0.319 e. The Morgan fingerprint density at radius 1 is 1.13 bits per heavy atom. The fraction of sp³-hybridized carbons (Fsp3) is 0.529. The number of hydrogen-bond donors (Lipinski definition) is 4. The molecular weight excluding hydrogens is 292 g/mol. The van der Waals surface area contributed by atoms with Crippen LogP contribution in [-0.2, 0) is 0 Å². The zero-order chi connectivity index (χ0) is 17.2. The fourth-order valence-electron chi connectivity index (χ4n) is 2.10. The highest BCUT2D eigenvalue weighted by Gasteiger charge is 2.12. The topological polar surface area (TPSA) is 96.2 Å². The van der Waals surface area contributed by atoms with Crippen LogP contribution in [0.1, 0.15) is 50.4 Å². The van der Waals surface area contributed by atoms with Crippen LogP contribution in [0.3, 0.4) is 0 Å². The van der Waals surface area contributed by atoms with Gasteiger partial charge in [-0.3, -0.25) is 4.79 Å². The number of urea groups is 1. The number of rotatable bonds is 8. The first-order chi connectivity index (χ1) is 11.0. The highest BCUT2D eigenvalue weighted by atomic mass is 16.2. The lowest BCUT2D eigenvalue weighted by Crippen LogP contribution is -2.40. The van der Waals surface area contributed by atoms with E-state index >= 15 is 0 Å². The van der Waals surface area contributed by atoms with Gasteiger partial charge in [0.1, 0.15) is 0 Å². The van der Waals surface area contributed by atoms with E-state index in [9.17, 15) is 9.59 Å². The molecule has 6 heteroatoms. The Morgan fingerprint density at radius 3 is 2.30 bits per heavy atom. The molecule has 0 aromatic heterocycles.